The number of hydrogen-bond acceptors (Lipinski definition) is 3. The molecule has 0 fully saturated rings. The summed E-state index contributed by atoms with van der Waals surface area (Å²) in [6.45, 7) is 5.08. The maximum absolute atomic E-state index is 12.4. The van der Waals surface area contributed by atoms with Crippen LogP contribution in [0.4, 0.5) is 0 Å². The van der Waals surface area contributed by atoms with Crippen LogP contribution in [0.2, 0.25) is 0 Å². The molecule has 0 aliphatic rings. The molecule has 0 radical (unpaired) electrons. The fourth-order valence-corrected chi connectivity index (χ4v) is 3.84. The molecule has 6 heteroatoms. The largest absolute Gasteiger partial charge is 0.389 e. The standard InChI is InChI=1S/C14H22N2O2S2/c1-3-8-16(9-4-2)20(17,18)11-12-6-5-7-13(10-12)14(15)19/h5-7,10H,3-4,8-9,11H2,1-2H3,(H2,15,19). The Labute approximate surface area is 127 Å². The molecule has 0 bridgehead atoms. The predicted molar refractivity (Wildman–Crippen MR) is 87.1 cm³/mol. The van der Waals surface area contributed by atoms with Gasteiger partial charge >= 0.3 is 0 Å². The minimum Gasteiger partial charge on any atom is -0.389 e. The molecule has 2 N–H and O–H groups in total. The van der Waals surface area contributed by atoms with Gasteiger partial charge in [0.05, 0.1) is 5.75 Å². The Morgan fingerprint density at radius 1 is 1.25 bits per heavy atom. The molecule has 0 saturated heterocycles. The molecule has 1 aromatic carbocycles. The summed E-state index contributed by atoms with van der Waals surface area (Å²) in [5.41, 5.74) is 6.99. The van der Waals surface area contributed by atoms with Crippen LogP contribution in [0.1, 0.15) is 37.8 Å². The molecule has 0 aliphatic carbocycles. The summed E-state index contributed by atoms with van der Waals surface area (Å²) in [5, 5.41) is 0. The van der Waals surface area contributed by atoms with Gasteiger partial charge in [0, 0.05) is 18.7 Å². The molecule has 0 aromatic heterocycles. The van der Waals surface area contributed by atoms with Crippen molar-refractivity contribution in [3.8, 4) is 0 Å². The Bertz CT molecular complexity index is 550. The van der Waals surface area contributed by atoms with Gasteiger partial charge < -0.3 is 5.73 Å². The molecule has 0 aliphatic heterocycles. The first kappa shape index (κ1) is 17.1. The molecule has 4 nitrogen and oxygen atoms in total. The van der Waals surface area contributed by atoms with Crippen LogP contribution in [0.25, 0.3) is 0 Å². The highest BCUT2D eigenvalue weighted by Crippen LogP contribution is 2.14. The monoisotopic (exact) mass is 314 g/mol. The normalized spacial score (nSPS) is 11.8. The number of hydrogen-bond donors (Lipinski definition) is 1. The van der Waals surface area contributed by atoms with Crippen molar-refractivity contribution in [1.82, 2.24) is 4.31 Å². The van der Waals surface area contributed by atoms with Gasteiger partial charge in [-0.2, -0.15) is 0 Å². The molecule has 1 aromatic rings. The third kappa shape index (κ3) is 4.85. The van der Waals surface area contributed by atoms with Gasteiger partial charge in [0.15, 0.2) is 0 Å². The van der Waals surface area contributed by atoms with E-state index < -0.39 is 10.0 Å². The van der Waals surface area contributed by atoms with Gasteiger partial charge in [0.1, 0.15) is 4.99 Å². The van der Waals surface area contributed by atoms with Gasteiger partial charge in [-0.1, -0.05) is 44.3 Å². The van der Waals surface area contributed by atoms with Crippen molar-refractivity contribution in [3.63, 3.8) is 0 Å². The predicted octanol–water partition coefficient (Wildman–Crippen LogP) is 2.27. The van der Waals surface area contributed by atoms with Crippen LogP contribution in [0.15, 0.2) is 24.3 Å². The van der Waals surface area contributed by atoms with Crippen LogP contribution in [0.3, 0.4) is 0 Å². The number of rotatable bonds is 8. The van der Waals surface area contributed by atoms with Gasteiger partial charge in [-0.15, -0.1) is 0 Å². The molecule has 0 amide bonds. The Balaban J connectivity index is 2.94. The summed E-state index contributed by atoms with van der Waals surface area (Å²) in [6, 6.07) is 7.10. The van der Waals surface area contributed by atoms with Crippen LogP contribution in [0, 0.1) is 0 Å². The van der Waals surface area contributed by atoms with Crippen molar-refractivity contribution >= 4 is 27.2 Å². The van der Waals surface area contributed by atoms with E-state index in [4.69, 9.17) is 18.0 Å². The van der Waals surface area contributed by atoms with Crippen LogP contribution in [-0.2, 0) is 15.8 Å². The first-order valence-corrected chi connectivity index (χ1v) is 8.79. The molecular weight excluding hydrogens is 292 g/mol. The van der Waals surface area contributed by atoms with Crippen LogP contribution in [0.5, 0.6) is 0 Å². The van der Waals surface area contributed by atoms with Crippen molar-refractivity contribution in [2.24, 2.45) is 5.73 Å². The third-order valence-electron chi connectivity index (χ3n) is 2.90. The third-order valence-corrected chi connectivity index (χ3v) is 4.99. The van der Waals surface area contributed by atoms with Gasteiger partial charge in [-0.05, 0) is 24.5 Å². The number of nitrogens with zero attached hydrogens (tertiary/aromatic N) is 1. The maximum atomic E-state index is 12.4. The quantitative estimate of drug-likeness (QED) is 0.748. The van der Waals surface area contributed by atoms with E-state index in [-0.39, 0.29) is 10.7 Å². The van der Waals surface area contributed by atoms with Gasteiger partial charge in [-0.3, -0.25) is 0 Å². The fourth-order valence-electron chi connectivity index (χ4n) is 2.01. The summed E-state index contributed by atoms with van der Waals surface area (Å²) in [6.07, 6.45) is 1.62. The lowest BCUT2D eigenvalue weighted by molar-refractivity contribution is 0.409. The molecule has 0 heterocycles. The zero-order chi connectivity index (χ0) is 15.2. The van der Waals surface area contributed by atoms with Gasteiger partial charge in [-0.25, -0.2) is 12.7 Å². The Kier molecular flexibility index (Phi) is 6.58. The first-order chi connectivity index (χ1) is 9.40. The topological polar surface area (TPSA) is 63.4 Å². The number of benzene rings is 1. The van der Waals surface area contributed by atoms with Crippen molar-refractivity contribution in [1.29, 1.82) is 0 Å². The Morgan fingerprint density at radius 2 is 1.85 bits per heavy atom. The number of nitrogens with two attached hydrogens (primary N) is 1. The summed E-state index contributed by atoms with van der Waals surface area (Å²) in [4.78, 5) is 0.281. The average molecular weight is 314 g/mol. The molecule has 112 valence electrons. The molecule has 0 saturated carbocycles. The molecule has 0 spiro atoms. The smallest absolute Gasteiger partial charge is 0.218 e. The lowest BCUT2D eigenvalue weighted by Crippen LogP contribution is -2.33. The summed E-state index contributed by atoms with van der Waals surface area (Å²) in [7, 11) is -3.29. The zero-order valence-corrected chi connectivity index (χ0v) is 13.6. The van der Waals surface area contributed by atoms with E-state index in [0.717, 1.165) is 12.8 Å². The highest BCUT2D eigenvalue weighted by molar-refractivity contribution is 7.88. The second-order valence-corrected chi connectivity index (χ2v) is 7.13. The van der Waals surface area contributed by atoms with Crippen LogP contribution in [-0.4, -0.2) is 30.8 Å². The molecular formula is C14H22N2O2S2. The van der Waals surface area contributed by atoms with E-state index in [0.29, 0.717) is 24.2 Å². The lowest BCUT2D eigenvalue weighted by Gasteiger charge is -2.21. The molecule has 1 rings (SSSR count). The first-order valence-electron chi connectivity index (χ1n) is 6.77. The van der Waals surface area contributed by atoms with E-state index in [1.807, 2.05) is 13.8 Å². The number of thiocarbonyl (C=S) groups is 1. The summed E-state index contributed by atoms with van der Waals surface area (Å²) < 4.78 is 26.4. The molecule has 0 atom stereocenters. The second-order valence-electron chi connectivity index (χ2n) is 4.72. The average Bonchev–Trinajstić information content (AvgIpc) is 2.38. The van der Waals surface area contributed by atoms with E-state index in [1.165, 1.54) is 0 Å². The maximum Gasteiger partial charge on any atom is 0.218 e. The Hall–Kier alpha value is -0.980. The van der Waals surface area contributed by atoms with E-state index in [1.54, 1.807) is 28.6 Å². The number of sulfonamides is 1. The second kappa shape index (κ2) is 7.71. The van der Waals surface area contributed by atoms with Crippen LogP contribution >= 0.6 is 12.2 Å². The lowest BCUT2D eigenvalue weighted by atomic mass is 10.1. The Morgan fingerprint density at radius 3 is 2.35 bits per heavy atom. The van der Waals surface area contributed by atoms with Crippen molar-refractivity contribution in [2.45, 2.75) is 32.4 Å². The van der Waals surface area contributed by atoms with Crippen molar-refractivity contribution in [2.75, 3.05) is 13.1 Å². The fraction of sp³-hybridized carbons (Fsp3) is 0.500. The highest BCUT2D eigenvalue weighted by atomic mass is 32.2. The van der Waals surface area contributed by atoms with Crippen molar-refractivity contribution < 1.29 is 8.42 Å². The van der Waals surface area contributed by atoms with E-state index >= 15 is 0 Å². The van der Waals surface area contributed by atoms with E-state index in [2.05, 4.69) is 0 Å². The summed E-state index contributed by atoms with van der Waals surface area (Å²) >= 11 is 4.92. The molecule has 20 heavy (non-hydrogen) atoms. The zero-order valence-electron chi connectivity index (χ0n) is 12.0. The minimum absolute atomic E-state index is 0.0105. The summed E-state index contributed by atoms with van der Waals surface area (Å²) in [5.74, 6) is -0.0105. The van der Waals surface area contributed by atoms with Gasteiger partial charge in [0.2, 0.25) is 10.0 Å². The minimum atomic E-state index is -3.29. The van der Waals surface area contributed by atoms with Crippen molar-refractivity contribution in [3.05, 3.63) is 35.4 Å². The van der Waals surface area contributed by atoms with Crippen LogP contribution < -0.4 is 5.73 Å². The SMILES string of the molecule is CCCN(CCC)S(=O)(=O)Cc1cccc(C(N)=S)c1. The van der Waals surface area contributed by atoms with Gasteiger partial charge in [0.25, 0.3) is 0 Å². The highest BCUT2D eigenvalue weighted by Gasteiger charge is 2.21. The molecule has 0 unspecified atom stereocenters. The van der Waals surface area contributed by atoms with E-state index in [9.17, 15) is 8.42 Å².